The molecule has 3 aromatic carbocycles. The minimum absolute atomic E-state index is 0.159. The Labute approximate surface area is 229 Å². The van der Waals surface area contributed by atoms with Gasteiger partial charge in [-0.1, -0.05) is 25.1 Å². The standard InChI is InChI=1S/C26H20BrIN2O4S/c1-2-15-3-6-18(7-4-15)29-26-30-25(31)23(35-26)12-17-9-19(27)24(20(28)10-17)32-13-16-5-8-21-22(11-16)34-14-33-21/h3-12H,2,13-14H2,1H3,(H,29,30,31)/b23-12-. The summed E-state index contributed by atoms with van der Waals surface area (Å²) in [5, 5.41) is 3.42. The van der Waals surface area contributed by atoms with Gasteiger partial charge in [-0.15, -0.1) is 0 Å². The van der Waals surface area contributed by atoms with Crippen molar-refractivity contribution in [2.24, 2.45) is 4.99 Å². The summed E-state index contributed by atoms with van der Waals surface area (Å²) in [5.74, 6) is 2.06. The van der Waals surface area contributed by atoms with Gasteiger partial charge in [-0.05, 0) is 116 Å². The molecule has 2 aliphatic heterocycles. The number of halogens is 2. The van der Waals surface area contributed by atoms with Gasteiger partial charge in [0.05, 0.1) is 18.6 Å². The zero-order valence-corrected chi connectivity index (χ0v) is 23.2. The monoisotopic (exact) mass is 662 g/mol. The Kier molecular flexibility index (Phi) is 7.35. The van der Waals surface area contributed by atoms with Crippen LogP contribution in [0.5, 0.6) is 17.2 Å². The fourth-order valence-corrected chi connectivity index (χ4v) is 6.15. The van der Waals surface area contributed by atoms with Gasteiger partial charge in [-0.3, -0.25) is 4.79 Å². The maximum atomic E-state index is 12.5. The molecule has 1 fully saturated rings. The van der Waals surface area contributed by atoms with E-state index in [4.69, 9.17) is 14.2 Å². The smallest absolute Gasteiger partial charge is 0.264 e. The van der Waals surface area contributed by atoms with E-state index in [9.17, 15) is 4.79 Å². The van der Waals surface area contributed by atoms with Crippen molar-refractivity contribution < 1.29 is 19.0 Å². The Hall–Kier alpha value is -2.50. The molecule has 2 aliphatic rings. The number of nitrogens with one attached hydrogen (secondary N) is 1. The van der Waals surface area contributed by atoms with E-state index in [0.29, 0.717) is 16.7 Å². The first kappa shape index (κ1) is 24.2. The minimum Gasteiger partial charge on any atom is -0.487 e. The molecule has 2 heterocycles. The van der Waals surface area contributed by atoms with Gasteiger partial charge in [-0.25, -0.2) is 4.99 Å². The number of nitrogens with zero attached hydrogens (tertiary/aromatic N) is 1. The third-order valence-corrected chi connectivity index (χ3v) is 7.66. The predicted octanol–water partition coefficient (Wildman–Crippen LogP) is 6.82. The van der Waals surface area contributed by atoms with Crippen molar-refractivity contribution in [1.29, 1.82) is 0 Å². The van der Waals surface area contributed by atoms with Gasteiger partial charge in [-0.2, -0.15) is 0 Å². The van der Waals surface area contributed by atoms with E-state index in [1.54, 1.807) is 0 Å². The molecule has 1 amide bonds. The molecule has 0 aromatic heterocycles. The van der Waals surface area contributed by atoms with Crippen LogP contribution in [-0.2, 0) is 17.8 Å². The number of thioether (sulfide) groups is 1. The maximum Gasteiger partial charge on any atom is 0.264 e. The molecule has 0 saturated carbocycles. The molecule has 0 spiro atoms. The summed E-state index contributed by atoms with van der Waals surface area (Å²) in [6.07, 6.45) is 2.84. The van der Waals surface area contributed by atoms with Crippen molar-refractivity contribution >= 4 is 73.1 Å². The van der Waals surface area contributed by atoms with Crippen molar-refractivity contribution in [3.63, 3.8) is 0 Å². The summed E-state index contributed by atoms with van der Waals surface area (Å²) in [6, 6.07) is 17.7. The SMILES string of the molecule is CCc1ccc(N=C2NC(=O)/C(=C/c3cc(Br)c(OCc4ccc5c(c4)OCO5)c(I)c3)S2)cc1. The van der Waals surface area contributed by atoms with Crippen LogP contribution < -0.4 is 19.5 Å². The Morgan fingerprint density at radius 2 is 1.89 bits per heavy atom. The molecular weight excluding hydrogens is 643 g/mol. The summed E-state index contributed by atoms with van der Waals surface area (Å²) in [7, 11) is 0. The highest BCUT2D eigenvalue weighted by atomic mass is 127. The zero-order chi connectivity index (χ0) is 24.4. The third kappa shape index (κ3) is 5.68. The molecule has 3 aromatic rings. The van der Waals surface area contributed by atoms with E-state index in [1.165, 1.54) is 17.3 Å². The molecule has 5 rings (SSSR count). The van der Waals surface area contributed by atoms with Crippen LogP contribution in [0.1, 0.15) is 23.6 Å². The zero-order valence-electron chi connectivity index (χ0n) is 18.6. The largest absolute Gasteiger partial charge is 0.487 e. The van der Waals surface area contributed by atoms with Gasteiger partial charge in [0.1, 0.15) is 12.4 Å². The van der Waals surface area contributed by atoms with Crippen LogP contribution >= 0.6 is 50.3 Å². The van der Waals surface area contributed by atoms with E-state index in [2.05, 4.69) is 55.8 Å². The Bertz CT molecular complexity index is 1330. The predicted molar refractivity (Wildman–Crippen MR) is 150 cm³/mol. The van der Waals surface area contributed by atoms with Gasteiger partial charge in [0, 0.05) is 0 Å². The van der Waals surface area contributed by atoms with Crippen LogP contribution in [0, 0.1) is 3.57 Å². The van der Waals surface area contributed by atoms with Crippen LogP contribution in [0.15, 0.2) is 69.0 Å². The number of rotatable bonds is 6. The van der Waals surface area contributed by atoms with E-state index in [1.807, 2.05) is 60.7 Å². The van der Waals surface area contributed by atoms with Gasteiger partial charge in [0.15, 0.2) is 16.7 Å². The summed E-state index contributed by atoms with van der Waals surface area (Å²) >= 11 is 7.19. The fraction of sp³-hybridized carbons (Fsp3) is 0.154. The van der Waals surface area contributed by atoms with Crippen LogP contribution in [0.2, 0.25) is 0 Å². The summed E-state index contributed by atoms with van der Waals surface area (Å²) in [4.78, 5) is 17.7. The summed E-state index contributed by atoms with van der Waals surface area (Å²) < 4.78 is 18.6. The van der Waals surface area contributed by atoms with Gasteiger partial charge < -0.3 is 19.5 Å². The topological polar surface area (TPSA) is 69.2 Å². The Morgan fingerprint density at radius 3 is 2.66 bits per heavy atom. The molecule has 0 bridgehead atoms. The highest BCUT2D eigenvalue weighted by molar-refractivity contribution is 14.1. The molecule has 178 valence electrons. The quantitative estimate of drug-likeness (QED) is 0.232. The lowest BCUT2D eigenvalue weighted by molar-refractivity contribution is -0.115. The first-order chi connectivity index (χ1) is 17.0. The van der Waals surface area contributed by atoms with Crippen molar-refractivity contribution in [3.8, 4) is 17.2 Å². The van der Waals surface area contributed by atoms with Gasteiger partial charge in [0.2, 0.25) is 6.79 Å². The number of benzene rings is 3. The van der Waals surface area contributed by atoms with Crippen LogP contribution in [0.4, 0.5) is 5.69 Å². The number of amides is 1. The number of amidine groups is 1. The van der Waals surface area contributed by atoms with Crippen LogP contribution in [0.25, 0.3) is 6.08 Å². The molecular formula is C26H20BrIN2O4S. The van der Waals surface area contributed by atoms with E-state index < -0.39 is 0 Å². The first-order valence-corrected chi connectivity index (χ1v) is 13.6. The number of aryl methyl sites for hydroxylation is 1. The number of hydrogen-bond donors (Lipinski definition) is 1. The van der Waals surface area contributed by atoms with Crippen LogP contribution in [-0.4, -0.2) is 17.9 Å². The van der Waals surface area contributed by atoms with Crippen molar-refractivity contribution in [3.05, 3.63) is 84.2 Å². The second kappa shape index (κ2) is 10.6. The van der Waals surface area contributed by atoms with E-state index >= 15 is 0 Å². The molecule has 0 radical (unpaired) electrons. The molecule has 6 nitrogen and oxygen atoms in total. The number of fused-ring (bicyclic) bond motifs is 1. The molecule has 0 atom stereocenters. The lowest BCUT2D eigenvalue weighted by atomic mass is 10.2. The molecule has 0 aliphatic carbocycles. The average Bonchev–Trinajstić information content (AvgIpc) is 3.44. The van der Waals surface area contributed by atoms with Crippen molar-refractivity contribution in [2.75, 3.05) is 6.79 Å². The summed E-state index contributed by atoms with van der Waals surface area (Å²) in [6.45, 7) is 2.75. The maximum absolute atomic E-state index is 12.5. The minimum atomic E-state index is -0.159. The third-order valence-electron chi connectivity index (χ3n) is 5.36. The van der Waals surface area contributed by atoms with Gasteiger partial charge >= 0.3 is 0 Å². The Balaban J connectivity index is 1.29. The van der Waals surface area contributed by atoms with Crippen LogP contribution in [0.3, 0.4) is 0 Å². The molecule has 1 N–H and O–H groups in total. The van der Waals surface area contributed by atoms with E-state index in [0.717, 1.165) is 48.5 Å². The highest BCUT2D eigenvalue weighted by Crippen LogP contribution is 2.36. The summed E-state index contributed by atoms with van der Waals surface area (Å²) in [5.41, 5.74) is 3.94. The first-order valence-electron chi connectivity index (χ1n) is 10.9. The second-order valence-corrected chi connectivity index (χ2v) is 10.8. The van der Waals surface area contributed by atoms with E-state index in [-0.39, 0.29) is 12.7 Å². The van der Waals surface area contributed by atoms with Gasteiger partial charge in [0.25, 0.3) is 5.91 Å². The molecule has 0 unspecified atom stereocenters. The lowest BCUT2D eigenvalue weighted by Gasteiger charge is -2.12. The van der Waals surface area contributed by atoms with Crippen molar-refractivity contribution in [1.82, 2.24) is 5.32 Å². The Morgan fingerprint density at radius 1 is 1.11 bits per heavy atom. The number of hydrogen-bond acceptors (Lipinski definition) is 6. The molecule has 1 saturated heterocycles. The average molecular weight is 663 g/mol. The number of carbonyl (C=O) groups excluding carboxylic acids is 1. The van der Waals surface area contributed by atoms with Crippen molar-refractivity contribution in [2.45, 2.75) is 20.0 Å². The normalized spacial score (nSPS) is 16.7. The highest BCUT2D eigenvalue weighted by Gasteiger charge is 2.24. The fourth-order valence-electron chi connectivity index (χ4n) is 3.54. The molecule has 9 heteroatoms. The number of carbonyl (C=O) groups is 1. The molecule has 35 heavy (non-hydrogen) atoms. The second-order valence-electron chi connectivity index (χ2n) is 7.79. The number of ether oxygens (including phenoxy) is 3. The lowest BCUT2D eigenvalue weighted by Crippen LogP contribution is -2.19. The number of aliphatic imine (C=N–C) groups is 1.